The van der Waals surface area contributed by atoms with E-state index in [2.05, 4.69) is 10.2 Å². The number of rotatable bonds is 6. The summed E-state index contributed by atoms with van der Waals surface area (Å²) in [6.07, 6.45) is 1.75. The Morgan fingerprint density at radius 3 is 2.97 bits per heavy atom. The van der Waals surface area contributed by atoms with Crippen LogP contribution in [-0.2, 0) is 14.3 Å². The first-order valence-corrected chi connectivity index (χ1v) is 10.9. The van der Waals surface area contributed by atoms with E-state index in [0.717, 1.165) is 12.0 Å². The maximum absolute atomic E-state index is 13.3. The second kappa shape index (κ2) is 9.38. The summed E-state index contributed by atoms with van der Waals surface area (Å²) in [7, 11) is 1.65. The maximum Gasteiger partial charge on any atom is 0.271 e. The van der Waals surface area contributed by atoms with Crippen LogP contribution < -0.4 is 0 Å². The average Bonchev–Trinajstić information content (AvgIpc) is 3.42. The molecule has 8 nitrogen and oxygen atoms in total. The van der Waals surface area contributed by atoms with Crippen molar-refractivity contribution in [2.24, 2.45) is 0 Å². The molecule has 166 valence electrons. The van der Waals surface area contributed by atoms with Gasteiger partial charge in [0.1, 0.15) is 5.69 Å². The van der Waals surface area contributed by atoms with Crippen LogP contribution in [0, 0.1) is 0 Å². The van der Waals surface area contributed by atoms with Crippen molar-refractivity contribution in [1.29, 1.82) is 0 Å². The Bertz CT molecular complexity index is 941. The second-order valence-corrected chi connectivity index (χ2v) is 8.45. The number of methoxy groups -OCH3 is 1. The second-order valence-electron chi connectivity index (χ2n) is 8.04. The van der Waals surface area contributed by atoms with E-state index in [4.69, 9.17) is 21.1 Å². The Hall–Kier alpha value is -2.42. The summed E-state index contributed by atoms with van der Waals surface area (Å²) in [6.45, 7) is 2.99. The summed E-state index contributed by atoms with van der Waals surface area (Å²) in [5, 5.41) is 7.70. The van der Waals surface area contributed by atoms with Crippen LogP contribution in [0.25, 0.3) is 11.3 Å². The lowest BCUT2D eigenvalue weighted by Gasteiger charge is -2.40. The number of aromatic amines is 1. The van der Waals surface area contributed by atoms with Gasteiger partial charge in [0.25, 0.3) is 5.91 Å². The molecule has 1 N–H and O–H groups in total. The third-order valence-corrected chi connectivity index (χ3v) is 6.34. The number of benzene rings is 1. The van der Waals surface area contributed by atoms with E-state index in [9.17, 15) is 9.59 Å². The molecule has 0 radical (unpaired) electrons. The first kappa shape index (κ1) is 21.8. The fourth-order valence-corrected chi connectivity index (χ4v) is 4.63. The van der Waals surface area contributed by atoms with Gasteiger partial charge in [0.15, 0.2) is 0 Å². The fourth-order valence-electron chi connectivity index (χ4n) is 4.39. The van der Waals surface area contributed by atoms with Crippen molar-refractivity contribution in [3.63, 3.8) is 0 Å². The number of carbonyl (C=O) groups excluding carboxylic acids is 2. The number of carbonyl (C=O) groups is 2. The van der Waals surface area contributed by atoms with Crippen molar-refractivity contribution in [2.75, 3.05) is 46.6 Å². The molecule has 0 saturated carbocycles. The highest BCUT2D eigenvalue weighted by Gasteiger charge is 2.47. The number of halogens is 1. The van der Waals surface area contributed by atoms with Gasteiger partial charge < -0.3 is 19.3 Å². The third kappa shape index (κ3) is 4.46. The fraction of sp³-hybridized carbons (Fsp3) is 0.500. The molecule has 2 aliphatic heterocycles. The Morgan fingerprint density at radius 2 is 2.23 bits per heavy atom. The Kier molecular flexibility index (Phi) is 6.60. The molecule has 1 atom stereocenters. The summed E-state index contributed by atoms with van der Waals surface area (Å²) < 4.78 is 10.8. The van der Waals surface area contributed by atoms with Crippen molar-refractivity contribution in [1.82, 2.24) is 20.0 Å². The van der Waals surface area contributed by atoms with Gasteiger partial charge in [-0.15, -0.1) is 0 Å². The van der Waals surface area contributed by atoms with Crippen LogP contribution in [0.5, 0.6) is 0 Å². The standard InChI is InChI=1S/C22H27ClN4O4/c1-30-11-4-9-27-20(28)7-10-26(14-22(27)8-12-31-15-22)21(29)19-13-18(24-25-19)16-5-2-3-6-17(16)23/h2-3,5-6,13H,4,7-12,14-15H2,1H3,(H,24,25). The quantitative estimate of drug-likeness (QED) is 0.689. The molecule has 9 heteroatoms. The van der Waals surface area contributed by atoms with Crippen molar-refractivity contribution in [2.45, 2.75) is 24.8 Å². The number of nitrogens with one attached hydrogen (secondary N) is 1. The molecule has 2 aromatic rings. The summed E-state index contributed by atoms with van der Waals surface area (Å²) >= 11 is 6.27. The first-order chi connectivity index (χ1) is 15.0. The van der Waals surface area contributed by atoms with Crippen LogP contribution in [0.15, 0.2) is 30.3 Å². The third-order valence-electron chi connectivity index (χ3n) is 6.01. The number of hydrogen-bond donors (Lipinski definition) is 1. The van der Waals surface area contributed by atoms with Crippen molar-refractivity contribution in [3.05, 3.63) is 41.0 Å². The van der Waals surface area contributed by atoms with Crippen LogP contribution in [0.4, 0.5) is 0 Å². The summed E-state index contributed by atoms with van der Waals surface area (Å²) in [5.74, 6) is -0.123. The molecule has 1 aromatic carbocycles. The molecule has 2 saturated heterocycles. The van der Waals surface area contributed by atoms with E-state index in [0.29, 0.717) is 62.3 Å². The van der Waals surface area contributed by atoms with Gasteiger partial charge in [-0.2, -0.15) is 5.10 Å². The average molecular weight is 447 g/mol. The van der Waals surface area contributed by atoms with Gasteiger partial charge in [0, 0.05) is 51.9 Å². The molecular formula is C22H27ClN4O4. The van der Waals surface area contributed by atoms with Crippen LogP contribution in [0.3, 0.4) is 0 Å². The minimum absolute atomic E-state index is 0.0540. The number of ether oxygens (including phenoxy) is 2. The van der Waals surface area contributed by atoms with Crippen molar-refractivity contribution < 1.29 is 19.1 Å². The smallest absolute Gasteiger partial charge is 0.271 e. The molecular weight excluding hydrogens is 420 g/mol. The lowest BCUT2D eigenvalue weighted by Crippen LogP contribution is -2.57. The van der Waals surface area contributed by atoms with Crippen LogP contribution in [0.2, 0.25) is 5.02 Å². The zero-order chi connectivity index (χ0) is 21.8. The van der Waals surface area contributed by atoms with Gasteiger partial charge in [-0.25, -0.2) is 0 Å². The normalized spacial score (nSPS) is 21.7. The van der Waals surface area contributed by atoms with Crippen molar-refractivity contribution in [3.8, 4) is 11.3 Å². The minimum atomic E-state index is -0.497. The Labute approximate surface area is 186 Å². The first-order valence-electron chi connectivity index (χ1n) is 10.5. The molecule has 4 rings (SSSR count). The molecule has 31 heavy (non-hydrogen) atoms. The van der Waals surface area contributed by atoms with E-state index < -0.39 is 5.54 Å². The number of H-pyrrole nitrogens is 1. The lowest BCUT2D eigenvalue weighted by atomic mass is 9.95. The highest BCUT2D eigenvalue weighted by atomic mass is 35.5. The molecule has 0 bridgehead atoms. The molecule has 3 heterocycles. The summed E-state index contributed by atoms with van der Waals surface area (Å²) in [5.41, 5.74) is 1.25. The molecule has 2 fully saturated rings. The minimum Gasteiger partial charge on any atom is -0.385 e. The molecule has 1 aromatic heterocycles. The molecule has 1 spiro atoms. The van der Waals surface area contributed by atoms with Crippen LogP contribution >= 0.6 is 11.6 Å². The SMILES string of the molecule is COCCCN1C(=O)CCN(C(=O)c2cc(-c3ccccc3Cl)n[nH]2)CC12CCOC2. The number of nitrogens with zero attached hydrogens (tertiary/aromatic N) is 3. The number of aromatic nitrogens is 2. The largest absolute Gasteiger partial charge is 0.385 e. The van der Waals surface area contributed by atoms with Gasteiger partial charge >= 0.3 is 0 Å². The monoisotopic (exact) mass is 446 g/mol. The molecule has 0 aliphatic carbocycles. The predicted octanol–water partition coefficient (Wildman–Crippen LogP) is 2.60. The summed E-state index contributed by atoms with van der Waals surface area (Å²) in [4.78, 5) is 29.9. The van der Waals surface area contributed by atoms with E-state index in [1.807, 2.05) is 23.1 Å². The molecule has 1 unspecified atom stereocenters. The van der Waals surface area contributed by atoms with E-state index >= 15 is 0 Å². The number of amides is 2. The van der Waals surface area contributed by atoms with Crippen LogP contribution in [-0.4, -0.2) is 83.9 Å². The van der Waals surface area contributed by atoms with Crippen LogP contribution in [0.1, 0.15) is 29.8 Å². The summed E-state index contributed by atoms with van der Waals surface area (Å²) in [6, 6.07) is 9.08. The number of hydrogen-bond acceptors (Lipinski definition) is 5. The molecule has 2 aliphatic rings. The Balaban J connectivity index is 1.55. The van der Waals surface area contributed by atoms with Gasteiger partial charge in [-0.05, 0) is 25.0 Å². The lowest BCUT2D eigenvalue weighted by molar-refractivity contribution is -0.136. The highest BCUT2D eigenvalue weighted by molar-refractivity contribution is 6.33. The highest BCUT2D eigenvalue weighted by Crippen LogP contribution is 2.32. The van der Waals surface area contributed by atoms with E-state index in [1.54, 1.807) is 24.1 Å². The molecule has 2 amide bonds. The van der Waals surface area contributed by atoms with Gasteiger partial charge in [-0.1, -0.05) is 29.8 Å². The maximum atomic E-state index is 13.3. The van der Waals surface area contributed by atoms with Gasteiger partial charge in [-0.3, -0.25) is 14.7 Å². The van der Waals surface area contributed by atoms with Crippen molar-refractivity contribution >= 4 is 23.4 Å². The zero-order valence-electron chi connectivity index (χ0n) is 17.6. The topological polar surface area (TPSA) is 87.8 Å². The van der Waals surface area contributed by atoms with Gasteiger partial charge in [0.2, 0.25) is 5.91 Å². The zero-order valence-corrected chi connectivity index (χ0v) is 18.4. The predicted molar refractivity (Wildman–Crippen MR) is 116 cm³/mol. The van der Waals surface area contributed by atoms with E-state index in [-0.39, 0.29) is 18.2 Å². The Morgan fingerprint density at radius 1 is 1.39 bits per heavy atom. The van der Waals surface area contributed by atoms with E-state index in [1.165, 1.54) is 0 Å². The van der Waals surface area contributed by atoms with Gasteiger partial charge in [0.05, 0.1) is 22.9 Å².